The van der Waals surface area contributed by atoms with Gasteiger partial charge in [0.15, 0.2) is 0 Å². The van der Waals surface area contributed by atoms with E-state index in [1.54, 1.807) is 0 Å². The van der Waals surface area contributed by atoms with E-state index in [0.717, 1.165) is 17.6 Å². The number of benzene rings is 1. The lowest BCUT2D eigenvalue weighted by atomic mass is 9.96. The first-order valence-corrected chi connectivity index (χ1v) is 7.57. The van der Waals surface area contributed by atoms with Crippen LogP contribution in [0.15, 0.2) is 28.7 Å². The van der Waals surface area contributed by atoms with E-state index in [1.807, 2.05) is 0 Å². The summed E-state index contributed by atoms with van der Waals surface area (Å²) in [6.45, 7) is 5.93. The lowest BCUT2D eigenvalue weighted by Crippen LogP contribution is -2.38. The minimum Gasteiger partial charge on any atom is -0.396 e. The summed E-state index contributed by atoms with van der Waals surface area (Å²) in [6, 6.07) is 8.57. The molecule has 1 fully saturated rings. The number of likely N-dealkylation sites (tertiary alicyclic amines) is 1. The van der Waals surface area contributed by atoms with Crippen LogP contribution in [0.4, 0.5) is 0 Å². The van der Waals surface area contributed by atoms with E-state index in [0.29, 0.717) is 18.4 Å². The van der Waals surface area contributed by atoms with Crippen LogP contribution in [-0.2, 0) is 0 Å². The monoisotopic (exact) mass is 311 g/mol. The summed E-state index contributed by atoms with van der Waals surface area (Å²) in [5, 5.41) is 9.26. The molecule has 0 saturated carbocycles. The van der Waals surface area contributed by atoms with Crippen molar-refractivity contribution in [2.45, 2.75) is 25.7 Å². The molecular formula is C15H22BrNO. The summed E-state index contributed by atoms with van der Waals surface area (Å²) in [5.41, 5.74) is 1.38. The summed E-state index contributed by atoms with van der Waals surface area (Å²) in [6.07, 6.45) is 2.40. The molecule has 1 aromatic carbocycles. The van der Waals surface area contributed by atoms with Gasteiger partial charge in [-0.1, -0.05) is 35.0 Å². The van der Waals surface area contributed by atoms with Crippen molar-refractivity contribution in [1.82, 2.24) is 4.90 Å². The molecule has 1 N–H and O–H groups in total. The number of aliphatic hydroxyl groups is 1. The summed E-state index contributed by atoms with van der Waals surface area (Å²) in [7, 11) is 0. The Balaban J connectivity index is 1.92. The molecule has 1 aromatic rings. The minimum absolute atomic E-state index is 0.335. The number of nitrogens with zero attached hydrogens (tertiary/aromatic N) is 1. The zero-order valence-electron chi connectivity index (χ0n) is 11.0. The smallest absolute Gasteiger partial charge is 0.0471 e. The molecule has 1 heterocycles. The molecule has 0 radical (unpaired) electrons. The molecule has 0 spiro atoms. The van der Waals surface area contributed by atoms with Crippen LogP contribution in [0.25, 0.3) is 0 Å². The largest absolute Gasteiger partial charge is 0.396 e. The fourth-order valence-electron chi connectivity index (χ4n) is 2.77. The first-order chi connectivity index (χ1) is 8.69. The Bertz CT molecular complexity index is 383. The second-order valence-electron chi connectivity index (χ2n) is 5.41. The lowest BCUT2D eigenvalue weighted by Gasteiger charge is -2.33. The maximum absolute atomic E-state index is 9.26. The number of hydrogen-bond donors (Lipinski definition) is 1. The van der Waals surface area contributed by atoms with Gasteiger partial charge in [0.25, 0.3) is 0 Å². The fraction of sp³-hybridized carbons (Fsp3) is 0.600. The van der Waals surface area contributed by atoms with Gasteiger partial charge in [-0.15, -0.1) is 0 Å². The molecule has 0 bridgehead atoms. The molecule has 100 valence electrons. The molecule has 2 rings (SSSR count). The second kappa shape index (κ2) is 6.69. The topological polar surface area (TPSA) is 23.5 Å². The summed E-state index contributed by atoms with van der Waals surface area (Å²) in [5.74, 6) is 1.02. The second-order valence-corrected chi connectivity index (χ2v) is 6.32. The predicted molar refractivity (Wildman–Crippen MR) is 78.8 cm³/mol. The standard InChI is InChI=1S/C15H22BrNO/c1-12(14-5-2-6-15(16)8-14)9-17-7-3-4-13(10-17)11-18/h2,5-6,8,12-13,18H,3-4,7,9-11H2,1H3. The molecule has 0 amide bonds. The van der Waals surface area contributed by atoms with Crippen molar-refractivity contribution in [3.05, 3.63) is 34.3 Å². The van der Waals surface area contributed by atoms with E-state index in [-0.39, 0.29) is 0 Å². The van der Waals surface area contributed by atoms with Crippen LogP contribution in [0.2, 0.25) is 0 Å². The first-order valence-electron chi connectivity index (χ1n) is 6.77. The zero-order chi connectivity index (χ0) is 13.0. The van der Waals surface area contributed by atoms with Crippen molar-refractivity contribution in [3.8, 4) is 0 Å². The van der Waals surface area contributed by atoms with Gasteiger partial charge in [-0.25, -0.2) is 0 Å². The zero-order valence-corrected chi connectivity index (χ0v) is 12.6. The summed E-state index contributed by atoms with van der Waals surface area (Å²) < 4.78 is 1.15. The van der Waals surface area contributed by atoms with Crippen LogP contribution in [0.1, 0.15) is 31.2 Å². The van der Waals surface area contributed by atoms with Crippen LogP contribution < -0.4 is 0 Å². The third-order valence-electron chi connectivity index (χ3n) is 3.81. The summed E-state index contributed by atoms with van der Waals surface area (Å²) >= 11 is 3.53. The third kappa shape index (κ3) is 3.81. The van der Waals surface area contributed by atoms with E-state index >= 15 is 0 Å². The van der Waals surface area contributed by atoms with E-state index in [9.17, 15) is 5.11 Å². The van der Waals surface area contributed by atoms with Gasteiger partial charge < -0.3 is 10.0 Å². The Labute approximate surface area is 118 Å². The maximum Gasteiger partial charge on any atom is 0.0471 e. The van der Waals surface area contributed by atoms with Gasteiger partial charge in [0.05, 0.1) is 0 Å². The number of rotatable bonds is 4. The van der Waals surface area contributed by atoms with Gasteiger partial charge in [-0.3, -0.25) is 0 Å². The Morgan fingerprint density at radius 1 is 1.50 bits per heavy atom. The van der Waals surface area contributed by atoms with Crippen molar-refractivity contribution in [2.75, 3.05) is 26.2 Å². The third-order valence-corrected chi connectivity index (χ3v) is 4.30. The van der Waals surface area contributed by atoms with E-state index < -0.39 is 0 Å². The van der Waals surface area contributed by atoms with Crippen LogP contribution in [-0.4, -0.2) is 36.2 Å². The molecule has 1 saturated heterocycles. The molecule has 2 nitrogen and oxygen atoms in total. The lowest BCUT2D eigenvalue weighted by molar-refractivity contribution is 0.117. The highest BCUT2D eigenvalue weighted by molar-refractivity contribution is 9.10. The van der Waals surface area contributed by atoms with E-state index in [4.69, 9.17) is 0 Å². The van der Waals surface area contributed by atoms with E-state index in [2.05, 4.69) is 52.0 Å². The SMILES string of the molecule is CC(CN1CCCC(CO)C1)c1cccc(Br)c1. The Morgan fingerprint density at radius 2 is 2.33 bits per heavy atom. The number of halogens is 1. The maximum atomic E-state index is 9.26. The van der Waals surface area contributed by atoms with Gasteiger partial charge in [0.1, 0.15) is 0 Å². The number of piperidine rings is 1. The molecule has 1 aliphatic heterocycles. The summed E-state index contributed by atoms with van der Waals surface area (Å²) in [4.78, 5) is 2.50. The molecule has 3 heteroatoms. The fourth-order valence-corrected chi connectivity index (χ4v) is 3.19. The van der Waals surface area contributed by atoms with Gasteiger partial charge in [0.2, 0.25) is 0 Å². The molecule has 2 unspecified atom stereocenters. The Hall–Kier alpha value is -0.380. The average Bonchev–Trinajstić information content (AvgIpc) is 2.39. The normalized spacial score (nSPS) is 22.9. The number of hydrogen-bond acceptors (Lipinski definition) is 2. The van der Waals surface area contributed by atoms with Crippen LogP contribution >= 0.6 is 15.9 Å². The molecule has 2 atom stereocenters. The minimum atomic E-state index is 0.335. The Morgan fingerprint density at radius 3 is 3.06 bits per heavy atom. The predicted octanol–water partition coefficient (Wildman–Crippen LogP) is 3.26. The van der Waals surface area contributed by atoms with Crippen LogP contribution in [0, 0.1) is 5.92 Å². The van der Waals surface area contributed by atoms with Crippen LogP contribution in [0.5, 0.6) is 0 Å². The number of aliphatic hydroxyl groups excluding tert-OH is 1. The van der Waals surface area contributed by atoms with Crippen LogP contribution in [0.3, 0.4) is 0 Å². The van der Waals surface area contributed by atoms with Gasteiger partial charge in [0, 0.05) is 24.2 Å². The van der Waals surface area contributed by atoms with Gasteiger partial charge >= 0.3 is 0 Å². The average molecular weight is 312 g/mol. The van der Waals surface area contributed by atoms with E-state index in [1.165, 1.54) is 24.9 Å². The van der Waals surface area contributed by atoms with Gasteiger partial charge in [-0.2, -0.15) is 0 Å². The molecule has 1 aliphatic rings. The molecule has 0 aromatic heterocycles. The highest BCUT2D eigenvalue weighted by atomic mass is 79.9. The van der Waals surface area contributed by atoms with Crippen molar-refractivity contribution < 1.29 is 5.11 Å². The van der Waals surface area contributed by atoms with Crippen molar-refractivity contribution in [2.24, 2.45) is 5.92 Å². The highest BCUT2D eigenvalue weighted by Gasteiger charge is 2.20. The van der Waals surface area contributed by atoms with Crippen molar-refractivity contribution >= 4 is 15.9 Å². The molecule has 0 aliphatic carbocycles. The van der Waals surface area contributed by atoms with Gasteiger partial charge in [-0.05, 0) is 48.9 Å². The quantitative estimate of drug-likeness (QED) is 0.922. The molecular weight excluding hydrogens is 290 g/mol. The Kier molecular flexibility index (Phi) is 5.22. The highest BCUT2D eigenvalue weighted by Crippen LogP contribution is 2.23. The van der Waals surface area contributed by atoms with Crippen molar-refractivity contribution in [1.29, 1.82) is 0 Å². The molecule has 18 heavy (non-hydrogen) atoms. The van der Waals surface area contributed by atoms with Crippen molar-refractivity contribution in [3.63, 3.8) is 0 Å². The first kappa shape index (κ1) is 14.0.